The van der Waals surface area contributed by atoms with E-state index in [1.54, 1.807) is 12.1 Å². The van der Waals surface area contributed by atoms with Crippen molar-refractivity contribution in [2.75, 3.05) is 41.5 Å². The van der Waals surface area contributed by atoms with Crippen LogP contribution in [0.3, 0.4) is 0 Å². The molecule has 32 heavy (non-hydrogen) atoms. The van der Waals surface area contributed by atoms with Gasteiger partial charge in [0, 0.05) is 6.54 Å². The van der Waals surface area contributed by atoms with Crippen molar-refractivity contribution in [3.05, 3.63) is 47.0 Å². The quantitative estimate of drug-likeness (QED) is 0.451. The lowest BCUT2D eigenvalue weighted by Crippen LogP contribution is -2.29. The first-order valence-electron chi connectivity index (χ1n) is 10.5. The van der Waals surface area contributed by atoms with Gasteiger partial charge in [-0.25, -0.2) is 9.59 Å². The maximum atomic E-state index is 12.9. The van der Waals surface area contributed by atoms with Gasteiger partial charge in [-0.15, -0.1) is 0 Å². The van der Waals surface area contributed by atoms with Crippen LogP contribution in [0.4, 0.5) is 0 Å². The van der Waals surface area contributed by atoms with E-state index in [4.69, 9.17) is 23.7 Å². The molecule has 1 aliphatic rings. The lowest BCUT2D eigenvalue weighted by molar-refractivity contribution is 0.0597. The van der Waals surface area contributed by atoms with Crippen LogP contribution in [0.2, 0.25) is 0 Å². The summed E-state index contributed by atoms with van der Waals surface area (Å²) < 4.78 is 26.4. The van der Waals surface area contributed by atoms with Crippen LogP contribution in [-0.2, 0) is 11.3 Å². The van der Waals surface area contributed by atoms with Crippen molar-refractivity contribution in [2.24, 2.45) is 0 Å². The average molecular weight is 443 g/mol. The second-order valence-electron chi connectivity index (χ2n) is 7.50. The van der Waals surface area contributed by atoms with Gasteiger partial charge in [-0.3, -0.25) is 4.90 Å². The summed E-state index contributed by atoms with van der Waals surface area (Å²) in [6.45, 7) is 2.67. The number of ether oxygens (including phenoxy) is 5. The highest BCUT2D eigenvalue weighted by atomic mass is 16.5. The lowest BCUT2D eigenvalue weighted by Gasteiger charge is -2.26. The molecular weight excluding hydrogens is 414 g/mol. The largest absolute Gasteiger partial charge is 0.493 e. The molecule has 2 aromatic carbocycles. The first kappa shape index (κ1) is 23.4. The zero-order valence-electron chi connectivity index (χ0n) is 18.9. The molecule has 0 unspecified atom stereocenters. The van der Waals surface area contributed by atoms with E-state index in [1.165, 1.54) is 53.1 Å². The number of piperidine rings is 1. The molecule has 1 aliphatic heterocycles. The third-order valence-electron chi connectivity index (χ3n) is 5.35. The molecule has 0 N–H and O–H groups in total. The predicted octanol–water partition coefficient (Wildman–Crippen LogP) is 3.70. The fourth-order valence-electron chi connectivity index (χ4n) is 3.79. The van der Waals surface area contributed by atoms with Crippen molar-refractivity contribution in [1.82, 2.24) is 4.90 Å². The highest BCUT2D eigenvalue weighted by Crippen LogP contribution is 2.38. The number of esters is 2. The highest BCUT2D eigenvalue weighted by Gasteiger charge is 2.20. The number of carbonyl (C=O) groups excluding carboxylic acids is 2. The minimum atomic E-state index is -0.616. The van der Waals surface area contributed by atoms with Gasteiger partial charge in [-0.2, -0.15) is 0 Å². The van der Waals surface area contributed by atoms with Gasteiger partial charge in [0.2, 0.25) is 5.75 Å². The number of methoxy groups -OCH3 is 4. The van der Waals surface area contributed by atoms with Crippen molar-refractivity contribution in [1.29, 1.82) is 0 Å². The Balaban J connectivity index is 1.89. The molecular formula is C24H29NO7. The van der Waals surface area contributed by atoms with E-state index in [0.717, 1.165) is 31.5 Å². The Morgan fingerprint density at radius 2 is 1.41 bits per heavy atom. The number of nitrogens with zero attached hydrogens (tertiary/aromatic N) is 1. The number of hydrogen-bond acceptors (Lipinski definition) is 8. The summed E-state index contributed by atoms with van der Waals surface area (Å²) in [7, 11) is 5.75. The van der Waals surface area contributed by atoms with Crippen LogP contribution < -0.4 is 18.9 Å². The number of benzene rings is 2. The molecule has 8 heteroatoms. The molecule has 0 aliphatic carbocycles. The molecule has 0 bridgehead atoms. The number of likely N-dealkylation sites (tertiary alicyclic amines) is 1. The van der Waals surface area contributed by atoms with Crippen LogP contribution in [-0.4, -0.2) is 58.4 Å². The van der Waals surface area contributed by atoms with Crippen molar-refractivity contribution in [2.45, 2.75) is 25.8 Å². The van der Waals surface area contributed by atoms with Crippen LogP contribution >= 0.6 is 0 Å². The molecule has 0 amide bonds. The summed E-state index contributed by atoms with van der Waals surface area (Å²) in [4.78, 5) is 27.4. The van der Waals surface area contributed by atoms with E-state index in [1.807, 2.05) is 0 Å². The van der Waals surface area contributed by atoms with Crippen molar-refractivity contribution in [3.63, 3.8) is 0 Å². The molecule has 2 aromatic rings. The normalized spacial score (nSPS) is 13.9. The SMILES string of the molecule is COC(=O)c1cc(CN2CCCCC2)cc(OC(=O)c2cc(OC)c(OC)c(OC)c2)c1. The lowest BCUT2D eigenvalue weighted by atomic mass is 10.1. The zero-order valence-corrected chi connectivity index (χ0v) is 18.9. The first-order chi connectivity index (χ1) is 15.5. The predicted molar refractivity (Wildman–Crippen MR) is 118 cm³/mol. The van der Waals surface area contributed by atoms with Gasteiger partial charge in [0.15, 0.2) is 11.5 Å². The van der Waals surface area contributed by atoms with Crippen LogP contribution in [0.15, 0.2) is 30.3 Å². The third-order valence-corrected chi connectivity index (χ3v) is 5.35. The summed E-state index contributed by atoms with van der Waals surface area (Å²) in [5.41, 5.74) is 1.43. The van der Waals surface area contributed by atoms with Crippen molar-refractivity contribution in [3.8, 4) is 23.0 Å². The Kier molecular flexibility index (Phi) is 7.94. The van der Waals surface area contributed by atoms with E-state index in [2.05, 4.69) is 4.90 Å². The van der Waals surface area contributed by atoms with E-state index in [-0.39, 0.29) is 11.3 Å². The van der Waals surface area contributed by atoms with Gasteiger partial charge < -0.3 is 23.7 Å². The Hall–Kier alpha value is -3.26. The molecule has 0 aromatic heterocycles. The Morgan fingerprint density at radius 1 is 0.781 bits per heavy atom. The van der Waals surface area contributed by atoms with Gasteiger partial charge in [0.05, 0.1) is 39.6 Å². The summed E-state index contributed by atoms with van der Waals surface area (Å²) in [6.07, 6.45) is 3.54. The third kappa shape index (κ3) is 5.50. The monoisotopic (exact) mass is 443 g/mol. The second kappa shape index (κ2) is 10.9. The molecule has 1 fully saturated rings. The minimum Gasteiger partial charge on any atom is -0.493 e. The summed E-state index contributed by atoms with van der Waals surface area (Å²) in [5, 5.41) is 0. The maximum absolute atomic E-state index is 12.9. The first-order valence-corrected chi connectivity index (χ1v) is 10.5. The van der Waals surface area contributed by atoms with Gasteiger partial charge in [0.25, 0.3) is 0 Å². The molecule has 3 rings (SSSR count). The molecule has 1 saturated heterocycles. The molecule has 0 radical (unpaired) electrons. The smallest absolute Gasteiger partial charge is 0.343 e. The fraction of sp³-hybridized carbons (Fsp3) is 0.417. The van der Waals surface area contributed by atoms with E-state index < -0.39 is 11.9 Å². The van der Waals surface area contributed by atoms with Gasteiger partial charge >= 0.3 is 11.9 Å². The topological polar surface area (TPSA) is 83.5 Å². The Morgan fingerprint density at radius 3 is 1.97 bits per heavy atom. The van der Waals surface area contributed by atoms with Crippen LogP contribution in [0.1, 0.15) is 45.5 Å². The standard InChI is InChI=1S/C24H29NO7/c1-28-20-13-18(14-21(29-2)22(20)30-3)24(27)32-19-11-16(10-17(12-19)23(26)31-4)15-25-8-6-5-7-9-25/h10-14H,5-9,15H2,1-4H3. The fourth-order valence-corrected chi connectivity index (χ4v) is 3.79. The Labute approximate surface area is 188 Å². The summed E-state index contributed by atoms with van der Waals surface area (Å²) in [6, 6.07) is 8.08. The molecule has 8 nitrogen and oxygen atoms in total. The highest BCUT2D eigenvalue weighted by molar-refractivity contribution is 5.94. The molecule has 0 atom stereocenters. The number of rotatable bonds is 8. The molecule has 1 heterocycles. The minimum absolute atomic E-state index is 0.223. The van der Waals surface area contributed by atoms with Gasteiger partial charge in [-0.05, 0) is 61.8 Å². The average Bonchev–Trinajstić information content (AvgIpc) is 2.82. The summed E-state index contributed by atoms with van der Waals surface area (Å²) >= 11 is 0. The summed E-state index contributed by atoms with van der Waals surface area (Å²) in [5.74, 6) is 0.216. The number of hydrogen-bond donors (Lipinski definition) is 0. The van der Waals surface area contributed by atoms with E-state index in [0.29, 0.717) is 29.4 Å². The van der Waals surface area contributed by atoms with Gasteiger partial charge in [-0.1, -0.05) is 6.42 Å². The molecule has 172 valence electrons. The molecule has 0 spiro atoms. The van der Waals surface area contributed by atoms with Crippen LogP contribution in [0.25, 0.3) is 0 Å². The van der Waals surface area contributed by atoms with Crippen LogP contribution in [0.5, 0.6) is 23.0 Å². The number of carbonyl (C=O) groups is 2. The maximum Gasteiger partial charge on any atom is 0.343 e. The Bertz CT molecular complexity index is 942. The zero-order chi connectivity index (χ0) is 23.1. The van der Waals surface area contributed by atoms with Crippen molar-refractivity contribution >= 4 is 11.9 Å². The van der Waals surface area contributed by atoms with E-state index in [9.17, 15) is 9.59 Å². The van der Waals surface area contributed by atoms with Crippen molar-refractivity contribution < 1.29 is 33.3 Å². The van der Waals surface area contributed by atoms with E-state index >= 15 is 0 Å². The van der Waals surface area contributed by atoms with Crippen LogP contribution in [0, 0.1) is 0 Å². The second-order valence-corrected chi connectivity index (χ2v) is 7.50. The van der Waals surface area contributed by atoms with Gasteiger partial charge in [0.1, 0.15) is 5.75 Å². The molecule has 0 saturated carbocycles.